The van der Waals surface area contributed by atoms with Gasteiger partial charge in [0.05, 0.1) is 6.04 Å². The highest BCUT2D eigenvalue weighted by Gasteiger charge is 2.23. The molecule has 1 aliphatic heterocycles. The molecule has 1 heterocycles. The highest BCUT2D eigenvalue weighted by atomic mass is 32.1. The molecule has 0 radical (unpaired) electrons. The molecule has 1 atom stereocenters. The highest BCUT2D eigenvalue weighted by molar-refractivity contribution is 7.80. The lowest BCUT2D eigenvalue weighted by Gasteiger charge is -2.26. The van der Waals surface area contributed by atoms with Gasteiger partial charge in [-0.1, -0.05) is 44.2 Å². The molecule has 4 nitrogen and oxygen atoms in total. The zero-order valence-electron chi connectivity index (χ0n) is 17.1. The topological polar surface area (TPSA) is 44.4 Å². The van der Waals surface area contributed by atoms with Gasteiger partial charge in [0.2, 0.25) is 5.91 Å². The molecular formula is C23H29N3OS. The zero-order chi connectivity index (χ0) is 20.3. The average molecular weight is 396 g/mol. The molecule has 0 aromatic heterocycles. The molecule has 1 saturated heterocycles. The van der Waals surface area contributed by atoms with Gasteiger partial charge in [-0.05, 0) is 67.2 Å². The molecule has 5 heteroatoms. The zero-order valence-corrected chi connectivity index (χ0v) is 17.9. The summed E-state index contributed by atoms with van der Waals surface area (Å²) in [7, 11) is 0. The third-order valence-corrected chi connectivity index (χ3v) is 5.53. The standard InChI is InChI=1S/C23H29N3OS/c1-15(2)22(19-9-6-5-8-16(19)3)25-23(28)24-18-12-11-17(4)20(14-18)26-13-7-10-21(26)27/h5-6,8-9,11-12,14-15,22H,7,10,13H2,1-4H3,(H2,24,25,28). The number of carbonyl (C=O) groups excluding carboxylic acids is 1. The Hall–Kier alpha value is -2.40. The third-order valence-electron chi connectivity index (χ3n) is 5.31. The second-order valence-corrected chi connectivity index (χ2v) is 8.24. The summed E-state index contributed by atoms with van der Waals surface area (Å²) in [6.07, 6.45) is 1.55. The smallest absolute Gasteiger partial charge is 0.227 e. The van der Waals surface area contributed by atoms with Crippen LogP contribution < -0.4 is 15.5 Å². The molecule has 0 saturated carbocycles. The van der Waals surface area contributed by atoms with Crippen molar-refractivity contribution in [1.82, 2.24) is 5.32 Å². The van der Waals surface area contributed by atoms with Crippen LogP contribution in [0.3, 0.4) is 0 Å². The van der Waals surface area contributed by atoms with Gasteiger partial charge in [-0.15, -0.1) is 0 Å². The van der Waals surface area contributed by atoms with Gasteiger partial charge in [-0.2, -0.15) is 0 Å². The first-order valence-electron chi connectivity index (χ1n) is 9.91. The Kier molecular flexibility index (Phi) is 6.35. The van der Waals surface area contributed by atoms with E-state index in [-0.39, 0.29) is 11.9 Å². The number of benzene rings is 2. The lowest BCUT2D eigenvalue weighted by Crippen LogP contribution is -2.35. The minimum absolute atomic E-state index is 0.131. The maximum Gasteiger partial charge on any atom is 0.227 e. The van der Waals surface area contributed by atoms with Crippen LogP contribution in [0, 0.1) is 19.8 Å². The van der Waals surface area contributed by atoms with Crippen molar-refractivity contribution in [3.8, 4) is 0 Å². The molecule has 0 bridgehead atoms. The van der Waals surface area contributed by atoms with Crippen molar-refractivity contribution in [1.29, 1.82) is 0 Å². The summed E-state index contributed by atoms with van der Waals surface area (Å²) in [6.45, 7) is 9.33. The number of carbonyl (C=O) groups is 1. The normalized spacial score (nSPS) is 15.0. The first kappa shape index (κ1) is 20.3. The van der Waals surface area contributed by atoms with E-state index in [9.17, 15) is 4.79 Å². The Labute approximate surface area is 173 Å². The first-order valence-corrected chi connectivity index (χ1v) is 10.3. The Balaban J connectivity index is 1.75. The van der Waals surface area contributed by atoms with Gasteiger partial charge in [0.1, 0.15) is 0 Å². The number of nitrogens with one attached hydrogen (secondary N) is 2. The fourth-order valence-corrected chi connectivity index (χ4v) is 3.97. The van der Waals surface area contributed by atoms with E-state index in [1.807, 2.05) is 30.0 Å². The largest absolute Gasteiger partial charge is 0.355 e. The first-order chi connectivity index (χ1) is 13.4. The molecule has 28 heavy (non-hydrogen) atoms. The number of nitrogens with zero attached hydrogens (tertiary/aromatic N) is 1. The fourth-order valence-electron chi connectivity index (χ4n) is 3.73. The molecule has 3 rings (SSSR count). The van der Waals surface area contributed by atoms with Crippen molar-refractivity contribution in [3.05, 3.63) is 59.2 Å². The minimum Gasteiger partial charge on any atom is -0.355 e. The number of amides is 1. The molecule has 1 fully saturated rings. The van der Waals surface area contributed by atoms with Crippen LogP contribution in [0.4, 0.5) is 11.4 Å². The van der Waals surface area contributed by atoms with Crippen molar-refractivity contribution in [2.45, 2.75) is 46.6 Å². The van der Waals surface area contributed by atoms with Crippen LogP contribution in [0.2, 0.25) is 0 Å². The Morgan fingerprint density at radius 1 is 1.11 bits per heavy atom. The SMILES string of the molecule is Cc1ccccc1C(NC(=S)Nc1ccc(C)c(N2CCCC2=O)c1)C(C)C. The average Bonchev–Trinajstić information content (AvgIpc) is 3.07. The number of hydrogen-bond acceptors (Lipinski definition) is 2. The lowest BCUT2D eigenvalue weighted by molar-refractivity contribution is -0.117. The van der Waals surface area contributed by atoms with E-state index in [4.69, 9.17) is 12.2 Å². The number of aryl methyl sites for hydroxylation is 2. The second-order valence-electron chi connectivity index (χ2n) is 7.83. The predicted octanol–water partition coefficient (Wildman–Crippen LogP) is 5.11. The van der Waals surface area contributed by atoms with Crippen LogP contribution in [0.25, 0.3) is 0 Å². The molecule has 1 aliphatic rings. The molecule has 1 unspecified atom stereocenters. The molecule has 2 aromatic rings. The Morgan fingerprint density at radius 2 is 1.86 bits per heavy atom. The molecular weight excluding hydrogens is 366 g/mol. The third kappa shape index (κ3) is 4.53. The van der Waals surface area contributed by atoms with E-state index in [2.05, 4.69) is 55.7 Å². The number of anilines is 2. The quantitative estimate of drug-likeness (QED) is 0.690. The number of thiocarbonyl (C=S) groups is 1. The van der Waals surface area contributed by atoms with E-state index in [1.165, 1.54) is 11.1 Å². The van der Waals surface area contributed by atoms with E-state index >= 15 is 0 Å². The Bertz CT molecular complexity index is 878. The summed E-state index contributed by atoms with van der Waals surface area (Å²) in [5.41, 5.74) is 5.47. The van der Waals surface area contributed by atoms with Crippen molar-refractivity contribution in [3.63, 3.8) is 0 Å². The van der Waals surface area contributed by atoms with E-state index in [1.54, 1.807) is 0 Å². The fraction of sp³-hybridized carbons (Fsp3) is 0.391. The maximum absolute atomic E-state index is 12.1. The predicted molar refractivity (Wildman–Crippen MR) is 121 cm³/mol. The lowest BCUT2D eigenvalue weighted by atomic mass is 9.93. The monoisotopic (exact) mass is 395 g/mol. The van der Waals surface area contributed by atoms with Crippen LogP contribution >= 0.6 is 12.2 Å². The molecule has 148 valence electrons. The van der Waals surface area contributed by atoms with Crippen molar-refractivity contribution in [2.75, 3.05) is 16.8 Å². The van der Waals surface area contributed by atoms with Crippen molar-refractivity contribution in [2.24, 2.45) is 5.92 Å². The van der Waals surface area contributed by atoms with Gasteiger partial charge >= 0.3 is 0 Å². The molecule has 0 aliphatic carbocycles. The summed E-state index contributed by atoms with van der Waals surface area (Å²) in [4.78, 5) is 14.0. The van der Waals surface area contributed by atoms with Crippen LogP contribution in [-0.4, -0.2) is 17.6 Å². The van der Waals surface area contributed by atoms with Gasteiger partial charge in [-0.25, -0.2) is 0 Å². The summed E-state index contributed by atoms with van der Waals surface area (Å²) in [5.74, 6) is 0.581. The van der Waals surface area contributed by atoms with Crippen LogP contribution in [0.1, 0.15) is 49.4 Å². The molecule has 2 aromatic carbocycles. The van der Waals surface area contributed by atoms with Crippen LogP contribution in [0.5, 0.6) is 0 Å². The molecule has 2 N–H and O–H groups in total. The van der Waals surface area contributed by atoms with Gasteiger partial charge in [0, 0.05) is 24.3 Å². The molecule has 1 amide bonds. The van der Waals surface area contributed by atoms with E-state index in [0.717, 1.165) is 29.9 Å². The summed E-state index contributed by atoms with van der Waals surface area (Å²) >= 11 is 5.61. The number of hydrogen-bond donors (Lipinski definition) is 2. The summed E-state index contributed by atoms with van der Waals surface area (Å²) in [5, 5.41) is 7.37. The summed E-state index contributed by atoms with van der Waals surface area (Å²) < 4.78 is 0. The van der Waals surface area contributed by atoms with Crippen LogP contribution in [-0.2, 0) is 4.79 Å². The van der Waals surface area contributed by atoms with Gasteiger partial charge in [-0.3, -0.25) is 4.79 Å². The second kappa shape index (κ2) is 8.74. The van der Waals surface area contributed by atoms with Gasteiger partial charge < -0.3 is 15.5 Å². The minimum atomic E-state index is 0.131. The van der Waals surface area contributed by atoms with E-state index < -0.39 is 0 Å². The van der Waals surface area contributed by atoms with Gasteiger partial charge in [0.25, 0.3) is 0 Å². The number of rotatable bonds is 5. The summed E-state index contributed by atoms with van der Waals surface area (Å²) in [6, 6.07) is 14.6. The van der Waals surface area contributed by atoms with Crippen molar-refractivity contribution < 1.29 is 4.79 Å². The van der Waals surface area contributed by atoms with Crippen LogP contribution in [0.15, 0.2) is 42.5 Å². The van der Waals surface area contributed by atoms with Gasteiger partial charge in [0.15, 0.2) is 5.11 Å². The maximum atomic E-state index is 12.1. The van der Waals surface area contributed by atoms with Crippen molar-refractivity contribution >= 4 is 34.6 Å². The molecule has 0 spiro atoms. The highest BCUT2D eigenvalue weighted by Crippen LogP contribution is 2.29. The Morgan fingerprint density at radius 3 is 2.50 bits per heavy atom. The van der Waals surface area contributed by atoms with E-state index in [0.29, 0.717) is 17.5 Å².